The molecular formula is C14H21N3O4S. The van der Waals surface area contributed by atoms with E-state index in [4.69, 9.17) is 5.11 Å². The van der Waals surface area contributed by atoms with Gasteiger partial charge in [0.15, 0.2) is 0 Å². The number of carbonyl (C=O) groups is 3. The fourth-order valence-corrected chi connectivity index (χ4v) is 4.66. The van der Waals surface area contributed by atoms with Gasteiger partial charge >= 0.3 is 12.0 Å². The summed E-state index contributed by atoms with van der Waals surface area (Å²) in [5, 5.41) is 17.9. The Morgan fingerprint density at radius 1 is 1.32 bits per heavy atom. The summed E-state index contributed by atoms with van der Waals surface area (Å²) in [5.41, 5.74) is -0.981. The van der Waals surface area contributed by atoms with Gasteiger partial charge in [0.05, 0.1) is 12.1 Å². The minimum absolute atomic E-state index is 0.0805. The smallest absolute Gasteiger partial charge is 0.329 e. The van der Waals surface area contributed by atoms with E-state index < -0.39 is 11.5 Å². The summed E-state index contributed by atoms with van der Waals surface area (Å²) < 4.78 is 0. The van der Waals surface area contributed by atoms with Crippen molar-refractivity contribution in [2.45, 2.75) is 61.4 Å². The Hall–Kier alpha value is -1.44. The van der Waals surface area contributed by atoms with Gasteiger partial charge in [-0.2, -0.15) is 11.8 Å². The van der Waals surface area contributed by atoms with Crippen molar-refractivity contribution in [3.63, 3.8) is 0 Å². The van der Waals surface area contributed by atoms with E-state index in [-0.39, 0.29) is 24.0 Å². The maximum absolute atomic E-state index is 11.8. The first kappa shape index (κ1) is 15.5. The topological polar surface area (TPSA) is 108 Å². The first-order chi connectivity index (χ1) is 10.5. The molecule has 0 aromatic rings. The number of carboxylic acids is 1. The van der Waals surface area contributed by atoms with Gasteiger partial charge in [0.1, 0.15) is 5.54 Å². The average Bonchev–Trinajstić information content (AvgIpc) is 3.01. The number of nitrogens with one attached hydrogen (secondary N) is 3. The van der Waals surface area contributed by atoms with E-state index in [2.05, 4.69) is 16.0 Å². The van der Waals surface area contributed by atoms with Crippen LogP contribution in [0.3, 0.4) is 0 Å². The summed E-state index contributed by atoms with van der Waals surface area (Å²) in [6.45, 7) is 0. The number of fused-ring (bicyclic) bond motifs is 1. The van der Waals surface area contributed by atoms with Crippen LogP contribution in [-0.2, 0) is 9.59 Å². The molecule has 2 heterocycles. The second kappa shape index (κ2) is 5.98. The molecule has 1 aliphatic carbocycles. The molecular weight excluding hydrogens is 306 g/mol. The highest BCUT2D eigenvalue weighted by Gasteiger charge is 2.51. The summed E-state index contributed by atoms with van der Waals surface area (Å²) in [6.07, 6.45) is 4.04. The standard InChI is InChI=1S/C14H21N3O4S/c18-10(17-14(5-6-14)12(19)20)4-2-1-3-9-11-8(7-22-9)15-13(21)16-11/h8-9,11H,1-7H2,(H,17,18)(H,19,20)(H2,15,16,21)/t8-,9-,11-/m0/s1. The third kappa shape index (κ3) is 3.16. The molecule has 0 radical (unpaired) electrons. The Balaban J connectivity index is 1.33. The van der Waals surface area contributed by atoms with E-state index in [0.717, 1.165) is 25.0 Å². The molecule has 122 valence electrons. The zero-order chi connectivity index (χ0) is 15.7. The van der Waals surface area contributed by atoms with Crippen molar-refractivity contribution in [3.05, 3.63) is 0 Å². The molecule has 1 saturated carbocycles. The number of hydrogen-bond acceptors (Lipinski definition) is 4. The lowest BCUT2D eigenvalue weighted by Gasteiger charge is -2.16. The molecule has 3 amide bonds. The number of carboxylic acid groups (broad SMARTS) is 1. The number of carbonyl (C=O) groups excluding carboxylic acids is 2. The van der Waals surface area contributed by atoms with E-state index in [1.807, 2.05) is 11.8 Å². The van der Waals surface area contributed by atoms with Crippen LogP contribution in [0.15, 0.2) is 0 Å². The van der Waals surface area contributed by atoms with Crippen molar-refractivity contribution in [2.75, 3.05) is 5.75 Å². The number of urea groups is 1. The van der Waals surface area contributed by atoms with Gasteiger partial charge in [-0.25, -0.2) is 9.59 Å². The largest absolute Gasteiger partial charge is 0.480 e. The maximum atomic E-state index is 11.8. The SMILES string of the molecule is O=C(CCCC[C@@H]1SC[C@@H]2NC(=O)N[C@@H]21)NC1(C(=O)O)CC1. The Morgan fingerprint density at radius 3 is 2.77 bits per heavy atom. The third-order valence-corrected chi connectivity index (χ3v) is 6.13. The molecule has 0 unspecified atom stereocenters. The maximum Gasteiger partial charge on any atom is 0.329 e. The molecule has 0 bridgehead atoms. The van der Waals surface area contributed by atoms with E-state index >= 15 is 0 Å². The molecule has 0 aromatic heterocycles. The predicted molar refractivity (Wildman–Crippen MR) is 81.7 cm³/mol. The van der Waals surface area contributed by atoms with Gasteiger partial charge in [0, 0.05) is 17.4 Å². The Bertz CT molecular complexity index is 494. The van der Waals surface area contributed by atoms with Gasteiger partial charge in [-0.05, 0) is 25.7 Å². The van der Waals surface area contributed by atoms with Crippen LogP contribution in [0, 0.1) is 0 Å². The highest BCUT2D eigenvalue weighted by atomic mass is 32.2. The summed E-state index contributed by atoms with van der Waals surface area (Å²) in [4.78, 5) is 34.1. The van der Waals surface area contributed by atoms with Gasteiger partial charge in [-0.3, -0.25) is 4.79 Å². The monoisotopic (exact) mass is 327 g/mol. The summed E-state index contributed by atoms with van der Waals surface area (Å²) >= 11 is 1.86. The molecule has 7 nitrogen and oxygen atoms in total. The first-order valence-electron chi connectivity index (χ1n) is 7.73. The zero-order valence-corrected chi connectivity index (χ0v) is 13.1. The van der Waals surface area contributed by atoms with Crippen LogP contribution < -0.4 is 16.0 Å². The predicted octanol–water partition coefficient (Wildman–Crippen LogP) is 0.446. The fourth-order valence-electron chi connectivity index (χ4n) is 3.12. The van der Waals surface area contributed by atoms with Crippen LogP contribution in [0.5, 0.6) is 0 Å². The molecule has 8 heteroatoms. The van der Waals surface area contributed by atoms with E-state index in [1.165, 1.54) is 0 Å². The normalized spacial score (nSPS) is 31.1. The molecule has 22 heavy (non-hydrogen) atoms. The second-order valence-corrected chi connectivity index (χ2v) is 7.58. The minimum atomic E-state index is -0.981. The van der Waals surface area contributed by atoms with Gasteiger partial charge < -0.3 is 21.1 Å². The number of hydrogen-bond donors (Lipinski definition) is 4. The third-order valence-electron chi connectivity index (χ3n) is 4.62. The molecule has 3 fully saturated rings. The van der Waals surface area contributed by atoms with Crippen molar-refractivity contribution in [2.24, 2.45) is 0 Å². The van der Waals surface area contributed by atoms with Gasteiger partial charge in [-0.15, -0.1) is 0 Å². The Labute approximate surface area is 133 Å². The highest BCUT2D eigenvalue weighted by Crippen LogP contribution is 2.36. The second-order valence-electron chi connectivity index (χ2n) is 6.30. The van der Waals surface area contributed by atoms with Gasteiger partial charge in [-0.1, -0.05) is 6.42 Å². The van der Waals surface area contributed by atoms with Crippen LogP contribution in [0.25, 0.3) is 0 Å². The van der Waals surface area contributed by atoms with Crippen molar-refractivity contribution in [1.82, 2.24) is 16.0 Å². The van der Waals surface area contributed by atoms with Gasteiger partial charge in [0.2, 0.25) is 5.91 Å². The van der Waals surface area contributed by atoms with E-state index in [9.17, 15) is 14.4 Å². The van der Waals surface area contributed by atoms with Crippen molar-refractivity contribution < 1.29 is 19.5 Å². The molecule has 4 N–H and O–H groups in total. The quantitative estimate of drug-likeness (QED) is 0.401. The number of amides is 3. The van der Waals surface area contributed by atoms with Crippen molar-refractivity contribution in [1.29, 1.82) is 0 Å². The molecule has 3 atom stereocenters. The molecule has 0 aromatic carbocycles. The lowest BCUT2D eigenvalue weighted by atomic mass is 10.0. The number of thioether (sulfide) groups is 1. The highest BCUT2D eigenvalue weighted by molar-refractivity contribution is 8.00. The molecule has 2 aliphatic heterocycles. The van der Waals surface area contributed by atoms with Crippen LogP contribution in [0.1, 0.15) is 38.5 Å². The summed E-state index contributed by atoms with van der Waals surface area (Å²) in [7, 11) is 0. The number of aliphatic carboxylic acids is 1. The zero-order valence-electron chi connectivity index (χ0n) is 12.3. The lowest BCUT2D eigenvalue weighted by Crippen LogP contribution is -2.42. The Morgan fingerprint density at radius 2 is 2.09 bits per heavy atom. The molecule has 2 saturated heterocycles. The van der Waals surface area contributed by atoms with Crippen LogP contribution in [-0.4, -0.2) is 51.6 Å². The van der Waals surface area contributed by atoms with Crippen LogP contribution in [0.4, 0.5) is 4.79 Å². The first-order valence-corrected chi connectivity index (χ1v) is 8.78. The Kier molecular flexibility index (Phi) is 4.20. The van der Waals surface area contributed by atoms with Crippen LogP contribution in [0.2, 0.25) is 0 Å². The number of unbranched alkanes of at least 4 members (excludes halogenated alkanes) is 1. The van der Waals surface area contributed by atoms with E-state index in [0.29, 0.717) is 24.5 Å². The van der Waals surface area contributed by atoms with Crippen LogP contribution >= 0.6 is 11.8 Å². The fraction of sp³-hybridized carbons (Fsp3) is 0.786. The molecule has 0 spiro atoms. The number of rotatable bonds is 7. The van der Waals surface area contributed by atoms with Crippen molar-refractivity contribution in [3.8, 4) is 0 Å². The van der Waals surface area contributed by atoms with Gasteiger partial charge in [0.25, 0.3) is 0 Å². The minimum Gasteiger partial charge on any atom is -0.480 e. The molecule has 3 aliphatic rings. The summed E-state index contributed by atoms with van der Waals surface area (Å²) in [6, 6.07) is 0.354. The average molecular weight is 327 g/mol. The van der Waals surface area contributed by atoms with E-state index in [1.54, 1.807) is 0 Å². The lowest BCUT2D eigenvalue weighted by molar-refractivity contribution is -0.143. The summed E-state index contributed by atoms with van der Waals surface area (Å²) in [5.74, 6) is -0.165. The van der Waals surface area contributed by atoms with Crippen molar-refractivity contribution >= 4 is 29.7 Å². The molecule has 3 rings (SSSR count).